The highest BCUT2D eigenvalue weighted by molar-refractivity contribution is 5.91. The molecule has 0 saturated carbocycles. The van der Waals surface area contributed by atoms with E-state index in [4.69, 9.17) is 9.84 Å². The third-order valence-electron chi connectivity index (χ3n) is 3.27. The molecular formula is C17H17FO3. The summed E-state index contributed by atoms with van der Waals surface area (Å²) >= 11 is 0. The summed E-state index contributed by atoms with van der Waals surface area (Å²) in [5.74, 6) is -0.780. The van der Waals surface area contributed by atoms with Gasteiger partial charge in [0, 0.05) is 0 Å². The van der Waals surface area contributed by atoms with E-state index in [0.29, 0.717) is 11.7 Å². The average molecular weight is 288 g/mol. The molecule has 0 unspecified atom stereocenters. The number of carbonyl (C=O) groups is 1. The van der Waals surface area contributed by atoms with Crippen LogP contribution in [0.15, 0.2) is 36.4 Å². The minimum Gasteiger partial charge on any atom is -0.478 e. The minimum atomic E-state index is -1.22. The van der Waals surface area contributed by atoms with E-state index in [-0.39, 0.29) is 11.3 Å². The molecule has 0 saturated heterocycles. The molecule has 0 atom stereocenters. The van der Waals surface area contributed by atoms with Crippen LogP contribution in [-0.2, 0) is 0 Å². The summed E-state index contributed by atoms with van der Waals surface area (Å²) in [6, 6.07) is 9.29. The summed E-state index contributed by atoms with van der Waals surface area (Å²) < 4.78 is 18.9. The summed E-state index contributed by atoms with van der Waals surface area (Å²) in [5, 5.41) is 9.13. The van der Waals surface area contributed by atoms with E-state index in [1.165, 1.54) is 12.1 Å². The van der Waals surface area contributed by atoms with Gasteiger partial charge in [0.05, 0.1) is 0 Å². The molecule has 2 aromatic carbocycles. The Morgan fingerprint density at radius 2 is 1.86 bits per heavy atom. The number of hydrogen-bond donors (Lipinski definition) is 1. The molecule has 3 nitrogen and oxygen atoms in total. The van der Waals surface area contributed by atoms with Gasteiger partial charge >= 0.3 is 5.97 Å². The van der Waals surface area contributed by atoms with E-state index in [2.05, 4.69) is 13.8 Å². The van der Waals surface area contributed by atoms with Gasteiger partial charge in [0.2, 0.25) is 0 Å². The highest BCUT2D eigenvalue weighted by Gasteiger charge is 2.14. The predicted molar refractivity (Wildman–Crippen MR) is 78.7 cm³/mol. The molecule has 0 radical (unpaired) electrons. The first-order valence-corrected chi connectivity index (χ1v) is 6.69. The molecule has 21 heavy (non-hydrogen) atoms. The fourth-order valence-corrected chi connectivity index (χ4v) is 1.96. The Balaban J connectivity index is 2.43. The number of rotatable bonds is 4. The number of aromatic carboxylic acids is 1. The number of halogens is 1. The second-order valence-corrected chi connectivity index (χ2v) is 5.23. The van der Waals surface area contributed by atoms with Crippen molar-refractivity contribution < 1.29 is 19.0 Å². The summed E-state index contributed by atoms with van der Waals surface area (Å²) in [6.45, 7) is 6.01. The molecule has 0 aromatic heterocycles. The summed E-state index contributed by atoms with van der Waals surface area (Å²) in [4.78, 5) is 11.2. The molecule has 2 rings (SSSR count). The molecule has 2 aromatic rings. The zero-order valence-corrected chi connectivity index (χ0v) is 12.2. The third-order valence-corrected chi connectivity index (χ3v) is 3.27. The van der Waals surface area contributed by atoms with Crippen molar-refractivity contribution in [3.63, 3.8) is 0 Å². The fraction of sp³-hybridized carbons (Fsp3) is 0.235. The van der Waals surface area contributed by atoms with E-state index >= 15 is 0 Å². The zero-order valence-electron chi connectivity index (χ0n) is 12.2. The van der Waals surface area contributed by atoms with Crippen LogP contribution in [0.2, 0.25) is 0 Å². The van der Waals surface area contributed by atoms with Crippen LogP contribution in [0.3, 0.4) is 0 Å². The highest BCUT2D eigenvalue weighted by atomic mass is 19.1. The lowest BCUT2D eigenvalue weighted by Gasteiger charge is -2.14. The molecule has 0 aliphatic heterocycles. The Hall–Kier alpha value is -2.36. The number of hydrogen-bond acceptors (Lipinski definition) is 2. The molecule has 4 heteroatoms. The average Bonchev–Trinajstić information content (AvgIpc) is 2.42. The van der Waals surface area contributed by atoms with Crippen molar-refractivity contribution in [3.05, 3.63) is 58.9 Å². The monoisotopic (exact) mass is 288 g/mol. The Morgan fingerprint density at radius 1 is 1.14 bits per heavy atom. The van der Waals surface area contributed by atoms with E-state index in [1.54, 1.807) is 0 Å². The molecular weight excluding hydrogens is 271 g/mol. The fourth-order valence-electron chi connectivity index (χ4n) is 1.96. The van der Waals surface area contributed by atoms with Crippen molar-refractivity contribution in [2.45, 2.75) is 26.7 Å². The van der Waals surface area contributed by atoms with E-state index in [9.17, 15) is 9.18 Å². The molecule has 0 spiro atoms. The SMILES string of the molecule is Cc1ccc(C(C)C)cc1Oc1ccc(F)cc1C(=O)O. The van der Waals surface area contributed by atoms with E-state index < -0.39 is 11.8 Å². The molecule has 1 N–H and O–H groups in total. The summed E-state index contributed by atoms with van der Waals surface area (Å²) in [7, 11) is 0. The normalized spacial score (nSPS) is 10.7. The predicted octanol–water partition coefficient (Wildman–Crippen LogP) is 4.75. The van der Waals surface area contributed by atoms with Gasteiger partial charge < -0.3 is 9.84 Å². The lowest BCUT2D eigenvalue weighted by Crippen LogP contribution is -2.01. The second kappa shape index (κ2) is 5.95. The summed E-state index contributed by atoms with van der Waals surface area (Å²) in [5.41, 5.74) is 1.79. The lowest BCUT2D eigenvalue weighted by molar-refractivity contribution is 0.0693. The van der Waals surface area contributed by atoms with E-state index in [0.717, 1.165) is 17.2 Å². The Morgan fingerprint density at radius 3 is 2.48 bits per heavy atom. The van der Waals surface area contributed by atoms with Gasteiger partial charge in [-0.3, -0.25) is 0 Å². The lowest BCUT2D eigenvalue weighted by atomic mass is 10.0. The van der Waals surface area contributed by atoms with Crippen LogP contribution >= 0.6 is 0 Å². The molecule has 0 aliphatic rings. The molecule has 0 heterocycles. The molecule has 0 aliphatic carbocycles. The van der Waals surface area contributed by atoms with Crippen LogP contribution in [0.25, 0.3) is 0 Å². The van der Waals surface area contributed by atoms with Crippen molar-refractivity contribution in [1.29, 1.82) is 0 Å². The summed E-state index contributed by atoms with van der Waals surface area (Å²) in [6.07, 6.45) is 0. The largest absolute Gasteiger partial charge is 0.478 e. The smallest absolute Gasteiger partial charge is 0.339 e. The standard InChI is InChI=1S/C17H17FO3/c1-10(2)12-5-4-11(3)16(8-12)21-15-7-6-13(18)9-14(15)17(19)20/h4-10H,1-3H3,(H,19,20). The number of benzene rings is 2. The highest BCUT2D eigenvalue weighted by Crippen LogP contribution is 2.31. The van der Waals surface area contributed by atoms with Crippen molar-refractivity contribution >= 4 is 5.97 Å². The number of carboxylic acid groups (broad SMARTS) is 1. The minimum absolute atomic E-state index is 0.132. The number of carboxylic acids is 1. The van der Waals surface area contributed by atoms with Crippen LogP contribution in [-0.4, -0.2) is 11.1 Å². The van der Waals surface area contributed by atoms with Gasteiger partial charge in [-0.05, 0) is 48.2 Å². The maximum absolute atomic E-state index is 13.2. The van der Waals surface area contributed by atoms with Gasteiger partial charge in [0.1, 0.15) is 22.9 Å². The molecule has 0 bridgehead atoms. The maximum Gasteiger partial charge on any atom is 0.339 e. The quantitative estimate of drug-likeness (QED) is 0.883. The van der Waals surface area contributed by atoms with Crippen LogP contribution in [0, 0.1) is 12.7 Å². The molecule has 0 fully saturated rings. The first-order chi connectivity index (χ1) is 9.88. The van der Waals surface area contributed by atoms with Crippen LogP contribution in [0.4, 0.5) is 4.39 Å². The Bertz CT molecular complexity index is 678. The zero-order chi connectivity index (χ0) is 15.6. The number of aryl methyl sites for hydroxylation is 1. The maximum atomic E-state index is 13.2. The number of ether oxygens (including phenoxy) is 1. The Labute approximate surface area is 123 Å². The van der Waals surface area contributed by atoms with Gasteiger partial charge in [-0.1, -0.05) is 26.0 Å². The van der Waals surface area contributed by atoms with Gasteiger partial charge in [0.15, 0.2) is 0 Å². The Kier molecular flexibility index (Phi) is 4.26. The van der Waals surface area contributed by atoms with Crippen LogP contribution < -0.4 is 4.74 Å². The van der Waals surface area contributed by atoms with Crippen molar-refractivity contribution in [1.82, 2.24) is 0 Å². The van der Waals surface area contributed by atoms with E-state index in [1.807, 2.05) is 25.1 Å². The molecule has 110 valence electrons. The first kappa shape index (κ1) is 15.0. The van der Waals surface area contributed by atoms with Crippen molar-refractivity contribution in [2.24, 2.45) is 0 Å². The van der Waals surface area contributed by atoms with Crippen molar-refractivity contribution in [3.8, 4) is 11.5 Å². The third kappa shape index (κ3) is 3.40. The topological polar surface area (TPSA) is 46.5 Å². The second-order valence-electron chi connectivity index (χ2n) is 5.23. The van der Waals surface area contributed by atoms with Crippen molar-refractivity contribution in [2.75, 3.05) is 0 Å². The van der Waals surface area contributed by atoms with Crippen LogP contribution in [0.1, 0.15) is 41.3 Å². The van der Waals surface area contributed by atoms with Gasteiger partial charge in [0.25, 0.3) is 0 Å². The van der Waals surface area contributed by atoms with Crippen LogP contribution in [0.5, 0.6) is 11.5 Å². The van der Waals surface area contributed by atoms with Gasteiger partial charge in [-0.2, -0.15) is 0 Å². The molecule has 0 amide bonds. The first-order valence-electron chi connectivity index (χ1n) is 6.69. The van der Waals surface area contributed by atoms with Gasteiger partial charge in [-0.25, -0.2) is 9.18 Å². The van der Waals surface area contributed by atoms with Gasteiger partial charge in [-0.15, -0.1) is 0 Å².